The zero-order valence-corrected chi connectivity index (χ0v) is 11.9. The van der Waals surface area contributed by atoms with Crippen LogP contribution >= 0.6 is 15.9 Å². The number of halogens is 1. The van der Waals surface area contributed by atoms with Crippen molar-refractivity contribution in [3.8, 4) is 5.75 Å². The van der Waals surface area contributed by atoms with Gasteiger partial charge in [-0.1, -0.05) is 29.3 Å². The monoisotopic (exact) mass is 312 g/mol. The lowest BCUT2D eigenvalue weighted by molar-refractivity contribution is 0.0673. The highest BCUT2D eigenvalue weighted by atomic mass is 79.9. The first-order valence-electron chi connectivity index (χ1n) is 6.27. The number of aromatic carboxylic acids is 1. The van der Waals surface area contributed by atoms with Crippen LogP contribution in [0.5, 0.6) is 5.75 Å². The molecular weight excluding hydrogens is 296 g/mol. The summed E-state index contributed by atoms with van der Waals surface area (Å²) >= 11 is 3.35. The molecule has 4 heteroatoms. The Morgan fingerprint density at radius 2 is 2.11 bits per heavy atom. The maximum absolute atomic E-state index is 11.2. The van der Waals surface area contributed by atoms with Crippen molar-refractivity contribution in [3.05, 3.63) is 28.2 Å². The fourth-order valence-corrected chi connectivity index (χ4v) is 2.73. The molecule has 1 aromatic rings. The molecule has 1 N–H and O–H groups in total. The molecule has 1 aliphatic carbocycles. The molecule has 0 radical (unpaired) electrons. The van der Waals surface area contributed by atoms with Crippen molar-refractivity contribution in [2.75, 3.05) is 0 Å². The minimum atomic E-state index is -0.944. The third-order valence-electron chi connectivity index (χ3n) is 3.49. The largest absolute Gasteiger partial charge is 0.489 e. The highest BCUT2D eigenvalue weighted by molar-refractivity contribution is 9.10. The Bertz CT molecular complexity index is 445. The van der Waals surface area contributed by atoms with Gasteiger partial charge < -0.3 is 9.84 Å². The summed E-state index contributed by atoms with van der Waals surface area (Å²) in [4.78, 5) is 11.2. The van der Waals surface area contributed by atoms with Crippen molar-refractivity contribution in [2.45, 2.75) is 38.7 Å². The quantitative estimate of drug-likeness (QED) is 0.913. The summed E-state index contributed by atoms with van der Waals surface area (Å²) in [6, 6.07) is 5.04. The minimum Gasteiger partial charge on any atom is -0.489 e. The van der Waals surface area contributed by atoms with Gasteiger partial charge in [-0.05, 0) is 43.4 Å². The van der Waals surface area contributed by atoms with Crippen LogP contribution < -0.4 is 4.74 Å². The van der Waals surface area contributed by atoms with Gasteiger partial charge in [0.25, 0.3) is 0 Å². The molecule has 1 saturated carbocycles. The molecule has 1 fully saturated rings. The zero-order chi connectivity index (χ0) is 13.1. The Morgan fingerprint density at radius 3 is 2.78 bits per heavy atom. The standard InChI is InChI=1S/C14H17BrO3/c1-9-4-2-3-5-12(9)18-13-8-10(15)6-7-11(13)14(16)17/h6-9,12H,2-5H2,1H3,(H,16,17). The lowest BCUT2D eigenvalue weighted by atomic mass is 9.88. The van der Waals surface area contributed by atoms with Crippen molar-refractivity contribution < 1.29 is 14.6 Å². The summed E-state index contributed by atoms with van der Waals surface area (Å²) in [5.41, 5.74) is 0.232. The molecule has 0 aliphatic heterocycles. The van der Waals surface area contributed by atoms with Crippen LogP contribution in [0.15, 0.2) is 22.7 Å². The van der Waals surface area contributed by atoms with Gasteiger partial charge >= 0.3 is 5.97 Å². The third kappa shape index (κ3) is 3.05. The first-order valence-corrected chi connectivity index (χ1v) is 7.06. The van der Waals surface area contributed by atoms with E-state index in [1.807, 2.05) is 0 Å². The summed E-state index contributed by atoms with van der Waals surface area (Å²) in [6.45, 7) is 2.17. The number of hydrogen-bond acceptors (Lipinski definition) is 2. The van der Waals surface area contributed by atoms with E-state index in [9.17, 15) is 4.79 Å². The Balaban J connectivity index is 2.21. The van der Waals surface area contributed by atoms with Crippen LogP contribution in [0.3, 0.4) is 0 Å². The normalized spacial score (nSPS) is 23.7. The van der Waals surface area contributed by atoms with E-state index >= 15 is 0 Å². The molecule has 3 nitrogen and oxygen atoms in total. The van der Waals surface area contributed by atoms with Crippen LogP contribution in [0.1, 0.15) is 43.0 Å². The van der Waals surface area contributed by atoms with Crippen LogP contribution in [-0.4, -0.2) is 17.2 Å². The third-order valence-corrected chi connectivity index (χ3v) is 3.98. The van der Waals surface area contributed by atoms with Gasteiger partial charge in [-0.3, -0.25) is 0 Å². The molecule has 2 rings (SSSR count). The summed E-state index contributed by atoms with van der Waals surface area (Å²) in [5, 5.41) is 9.16. The summed E-state index contributed by atoms with van der Waals surface area (Å²) in [6.07, 6.45) is 4.69. The number of carbonyl (C=O) groups is 1. The number of carboxylic acids is 1. The zero-order valence-electron chi connectivity index (χ0n) is 10.4. The molecule has 0 heterocycles. The molecule has 18 heavy (non-hydrogen) atoms. The van der Waals surface area contributed by atoms with Gasteiger partial charge in [-0.15, -0.1) is 0 Å². The maximum atomic E-state index is 11.2. The first-order chi connectivity index (χ1) is 8.58. The number of ether oxygens (including phenoxy) is 1. The van der Waals surface area contributed by atoms with Crippen LogP contribution in [0.2, 0.25) is 0 Å². The molecule has 1 aromatic carbocycles. The van der Waals surface area contributed by atoms with Gasteiger partial charge in [-0.2, -0.15) is 0 Å². The Labute approximate surface area is 115 Å². The lowest BCUT2D eigenvalue weighted by Crippen LogP contribution is -2.28. The average molecular weight is 313 g/mol. The van der Waals surface area contributed by atoms with Crippen molar-refractivity contribution in [1.29, 1.82) is 0 Å². The Kier molecular flexibility index (Phi) is 4.27. The second kappa shape index (κ2) is 5.74. The van der Waals surface area contributed by atoms with Crippen LogP contribution in [0.25, 0.3) is 0 Å². The van der Waals surface area contributed by atoms with Crippen LogP contribution in [0.4, 0.5) is 0 Å². The van der Waals surface area contributed by atoms with Crippen molar-refractivity contribution >= 4 is 21.9 Å². The summed E-state index contributed by atoms with van der Waals surface area (Å²) in [5.74, 6) is 0.0102. The van der Waals surface area contributed by atoms with Crippen LogP contribution in [0, 0.1) is 5.92 Å². The van der Waals surface area contributed by atoms with Crippen molar-refractivity contribution in [2.24, 2.45) is 5.92 Å². The summed E-state index contributed by atoms with van der Waals surface area (Å²) in [7, 11) is 0. The van der Waals surface area contributed by atoms with E-state index in [1.54, 1.807) is 18.2 Å². The van der Waals surface area contributed by atoms with Gasteiger partial charge in [0.15, 0.2) is 0 Å². The van der Waals surface area contributed by atoms with Gasteiger partial charge in [0.1, 0.15) is 17.4 Å². The van der Waals surface area contributed by atoms with E-state index in [2.05, 4.69) is 22.9 Å². The molecule has 2 unspecified atom stereocenters. The molecule has 0 amide bonds. The highest BCUT2D eigenvalue weighted by Gasteiger charge is 2.24. The molecule has 1 aliphatic rings. The predicted octanol–water partition coefficient (Wildman–Crippen LogP) is 4.10. The SMILES string of the molecule is CC1CCCCC1Oc1cc(Br)ccc1C(=O)O. The Hall–Kier alpha value is -1.03. The second-order valence-electron chi connectivity index (χ2n) is 4.86. The Morgan fingerprint density at radius 1 is 1.39 bits per heavy atom. The smallest absolute Gasteiger partial charge is 0.339 e. The topological polar surface area (TPSA) is 46.5 Å². The maximum Gasteiger partial charge on any atom is 0.339 e. The highest BCUT2D eigenvalue weighted by Crippen LogP contribution is 2.31. The van der Waals surface area contributed by atoms with E-state index in [1.165, 1.54) is 6.42 Å². The van der Waals surface area contributed by atoms with Crippen molar-refractivity contribution in [1.82, 2.24) is 0 Å². The van der Waals surface area contributed by atoms with Gasteiger partial charge in [0.2, 0.25) is 0 Å². The molecule has 0 spiro atoms. The molecule has 98 valence electrons. The number of benzene rings is 1. The van der Waals surface area contributed by atoms with E-state index < -0.39 is 5.97 Å². The molecule has 2 atom stereocenters. The number of rotatable bonds is 3. The number of hydrogen-bond donors (Lipinski definition) is 1. The van der Waals surface area contributed by atoms with Gasteiger partial charge in [-0.25, -0.2) is 4.79 Å². The minimum absolute atomic E-state index is 0.131. The molecular formula is C14H17BrO3. The second-order valence-corrected chi connectivity index (χ2v) is 5.78. The fraction of sp³-hybridized carbons (Fsp3) is 0.500. The molecule has 0 bridgehead atoms. The van der Waals surface area contributed by atoms with Crippen LogP contribution in [-0.2, 0) is 0 Å². The van der Waals surface area contributed by atoms with Crippen molar-refractivity contribution in [3.63, 3.8) is 0 Å². The number of carboxylic acid groups (broad SMARTS) is 1. The van der Waals surface area contributed by atoms with E-state index in [-0.39, 0.29) is 11.7 Å². The lowest BCUT2D eigenvalue weighted by Gasteiger charge is -2.29. The molecule has 0 aromatic heterocycles. The van der Waals surface area contributed by atoms with E-state index in [0.29, 0.717) is 11.7 Å². The fourth-order valence-electron chi connectivity index (χ4n) is 2.39. The summed E-state index contributed by atoms with van der Waals surface area (Å²) < 4.78 is 6.77. The van der Waals surface area contributed by atoms with E-state index in [0.717, 1.165) is 23.7 Å². The van der Waals surface area contributed by atoms with E-state index in [4.69, 9.17) is 9.84 Å². The van der Waals surface area contributed by atoms with Gasteiger partial charge in [0.05, 0.1) is 0 Å². The predicted molar refractivity (Wildman–Crippen MR) is 73.1 cm³/mol. The van der Waals surface area contributed by atoms with Gasteiger partial charge in [0, 0.05) is 4.47 Å². The average Bonchev–Trinajstić information content (AvgIpc) is 2.32. The molecule has 0 saturated heterocycles. The first kappa shape index (κ1) is 13.4.